The minimum absolute atomic E-state index is 0.207. The molecule has 0 aromatic heterocycles. The highest BCUT2D eigenvalue weighted by molar-refractivity contribution is 7.92. The van der Waals surface area contributed by atoms with Gasteiger partial charge < -0.3 is 10.5 Å². The smallest absolute Gasteiger partial charge is 0.235 e. The van der Waals surface area contributed by atoms with Crippen molar-refractivity contribution >= 4 is 15.7 Å². The molecule has 1 fully saturated rings. The van der Waals surface area contributed by atoms with E-state index in [1.807, 2.05) is 12.1 Å². The standard InChI is InChI=1S/C12H18N2O3S/c13-7-9-17-12-6-2-1-5-11(12)14-8-3-4-10-18(14,15)16/h1-2,5-6H,3-4,7-10,13H2. The van der Waals surface area contributed by atoms with Crippen LogP contribution in [0.5, 0.6) is 5.75 Å². The zero-order chi connectivity index (χ0) is 13.0. The summed E-state index contributed by atoms with van der Waals surface area (Å²) in [7, 11) is -3.20. The maximum Gasteiger partial charge on any atom is 0.235 e. The summed E-state index contributed by atoms with van der Waals surface area (Å²) in [4.78, 5) is 0. The Hall–Kier alpha value is -1.27. The molecule has 0 atom stereocenters. The van der Waals surface area contributed by atoms with Gasteiger partial charge in [-0.25, -0.2) is 8.42 Å². The van der Waals surface area contributed by atoms with Crippen molar-refractivity contribution in [1.82, 2.24) is 0 Å². The van der Waals surface area contributed by atoms with Crippen LogP contribution >= 0.6 is 0 Å². The van der Waals surface area contributed by atoms with Gasteiger partial charge in [-0.1, -0.05) is 12.1 Å². The van der Waals surface area contributed by atoms with Crippen molar-refractivity contribution in [3.05, 3.63) is 24.3 Å². The van der Waals surface area contributed by atoms with Crippen molar-refractivity contribution in [2.45, 2.75) is 12.8 Å². The van der Waals surface area contributed by atoms with Crippen molar-refractivity contribution < 1.29 is 13.2 Å². The molecule has 0 radical (unpaired) electrons. The minimum atomic E-state index is -3.20. The molecular weight excluding hydrogens is 252 g/mol. The van der Waals surface area contributed by atoms with E-state index in [2.05, 4.69) is 0 Å². The number of benzene rings is 1. The van der Waals surface area contributed by atoms with Crippen LogP contribution in [0.2, 0.25) is 0 Å². The largest absolute Gasteiger partial charge is 0.490 e. The van der Waals surface area contributed by atoms with Crippen LogP contribution in [-0.4, -0.2) is 33.9 Å². The van der Waals surface area contributed by atoms with E-state index in [0.717, 1.165) is 12.8 Å². The van der Waals surface area contributed by atoms with Crippen molar-refractivity contribution in [2.24, 2.45) is 5.73 Å². The second-order valence-electron chi connectivity index (χ2n) is 4.20. The number of hydrogen-bond acceptors (Lipinski definition) is 4. The first-order valence-corrected chi connectivity index (χ1v) is 7.68. The van der Waals surface area contributed by atoms with Crippen molar-refractivity contribution in [2.75, 3.05) is 29.8 Å². The number of nitrogens with two attached hydrogens (primary N) is 1. The predicted molar refractivity (Wildman–Crippen MR) is 71.4 cm³/mol. The first-order chi connectivity index (χ1) is 8.65. The van der Waals surface area contributed by atoms with Gasteiger partial charge in [-0.15, -0.1) is 0 Å². The lowest BCUT2D eigenvalue weighted by Gasteiger charge is -2.29. The van der Waals surface area contributed by atoms with Gasteiger partial charge >= 0.3 is 0 Å². The van der Waals surface area contributed by atoms with Gasteiger partial charge in [0.05, 0.1) is 11.4 Å². The lowest BCUT2D eigenvalue weighted by molar-refractivity contribution is 0.329. The summed E-state index contributed by atoms with van der Waals surface area (Å²) in [5.41, 5.74) is 6.02. The number of ether oxygens (including phenoxy) is 1. The zero-order valence-electron chi connectivity index (χ0n) is 10.2. The fourth-order valence-corrected chi connectivity index (χ4v) is 3.66. The third-order valence-electron chi connectivity index (χ3n) is 2.86. The Bertz CT molecular complexity index is 502. The molecule has 1 aliphatic rings. The van der Waals surface area contributed by atoms with Gasteiger partial charge in [-0.3, -0.25) is 4.31 Å². The Morgan fingerprint density at radius 1 is 1.28 bits per heavy atom. The van der Waals surface area contributed by atoms with Crippen molar-refractivity contribution in [3.63, 3.8) is 0 Å². The molecule has 1 aromatic rings. The molecule has 1 aliphatic heterocycles. The van der Waals surface area contributed by atoms with E-state index in [4.69, 9.17) is 10.5 Å². The van der Waals surface area contributed by atoms with Crippen LogP contribution in [-0.2, 0) is 10.0 Å². The normalized spacial score (nSPS) is 18.6. The van der Waals surface area contributed by atoms with Gasteiger partial charge in [0, 0.05) is 13.1 Å². The average Bonchev–Trinajstić information content (AvgIpc) is 2.36. The number of rotatable bonds is 4. The molecule has 2 rings (SSSR count). The monoisotopic (exact) mass is 270 g/mol. The van der Waals surface area contributed by atoms with E-state index >= 15 is 0 Å². The van der Waals surface area contributed by atoms with E-state index in [-0.39, 0.29) is 5.75 Å². The van der Waals surface area contributed by atoms with E-state index < -0.39 is 10.0 Å². The number of nitrogens with zero attached hydrogens (tertiary/aromatic N) is 1. The maximum absolute atomic E-state index is 12.1. The molecule has 6 heteroatoms. The summed E-state index contributed by atoms with van der Waals surface area (Å²) in [5.74, 6) is 0.784. The van der Waals surface area contributed by atoms with Crippen molar-refractivity contribution in [1.29, 1.82) is 0 Å². The highest BCUT2D eigenvalue weighted by Crippen LogP contribution is 2.32. The summed E-state index contributed by atoms with van der Waals surface area (Å²) in [5, 5.41) is 0. The molecule has 1 aromatic carbocycles. The summed E-state index contributed by atoms with van der Waals surface area (Å²) in [6, 6.07) is 7.19. The van der Waals surface area contributed by atoms with Crippen LogP contribution in [0, 0.1) is 0 Å². The molecule has 1 saturated heterocycles. The molecule has 2 N–H and O–H groups in total. The van der Waals surface area contributed by atoms with Gasteiger partial charge in [0.15, 0.2) is 0 Å². The van der Waals surface area contributed by atoms with Crippen LogP contribution < -0.4 is 14.8 Å². The number of para-hydroxylation sites is 2. The number of sulfonamides is 1. The lowest BCUT2D eigenvalue weighted by atomic mass is 10.2. The Balaban J connectivity index is 2.31. The summed E-state index contributed by atoms with van der Waals surface area (Å²) in [6.07, 6.45) is 1.61. The fourth-order valence-electron chi connectivity index (χ4n) is 2.01. The Labute approximate surface area is 108 Å². The molecule has 0 amide bonds. The van der Waals surface area contributed by atoms with Crippen LogP contribution in [0.1, 0.15) is 12.8 Å². The average molecular weight is 270 g/mol. The van der Waals surface area contributed by atoms with Gasteiger partial charge in [0.1, 0.15) is 12.4 Å². The van der Waals surface area contributed by atoms with Crippen LogP contribution in [0.25, 0.3) is 0 Å². The molecule has 0 aliphatic carbocycles. The molecule has 0 spiro atoms. The second-order valence-corrected chi connectivity index (χ2v) is 6.21. The maximum atomic E-state index is 12.1. The predicted octanol–water partition coefficient (Wildman–Crippen LogP) is 0.954. The van der Waals surface area contributed by atoms with Crippen molar-refractivity contribution in [3.8, 4) is 5.75 Å². The van der Waals surface area contributed by atoms with E-state index in [1.54, 1.807) is 12.1 Å². The highest BCUT2D eigenvalue weighted by Gasteiger charge is 2.27. The molecule has 5 nitrogen and oxygen atoms in total. The minimum Gasteiger partial charge on any atom is -0.490 e. The zero-order valence-corrected chi connectivity index (χ0v) is 11.0. The first-order valence-electron chi connectivity index (χ1n) is 6.07. The van der Waals surface area contributed by atoms with Gasteiger partial charge in [0.2, 0.25) is 10.0 Å². The van der Waals surface area contributed by atoms with E-state index in [0.29, 0.717) is 31.1 Å². The van der Waals surface area contributed by atoms with Gasteiger partial charge in [0.25, 0.3) is 0 Å². The quantitative estimate of drug-likeness (QED) is 0.884. The molecule has 0 saturated carbocycles. The molecule has 18 heavy (non-hydrogen) atoms. The molecule has 0 unspecified atom stereocenters. The van der Waals surface area contributed by atoms with Crippen LogP contribution in [0.4, 0.5) is 5.69 Å². The van der Waals surface area contributed by atoms with Crippen LogP contribution in [0.15, 0.2) is 24.3 Å². The Morgan fingerprint density at radius 3 is 2.78 bits per heavy atom. The highest BCUT2D eigenvalue weighted by atomic mass is 32.2. The lowest BCUT2D eigenvalue weighted by Crippen LogP contribution is -2.38. The first kappa shape index (κ1) is 13.2. The van der Waals surface area contributed by atoms with Gasteiger partial charge in [-0.05, 0) is 25.0 Å². The number of hydrogen-bond donors (Lipinski definition) is 1. The third kappa shape index (κ3) is 2.76. The van der Waals surface area contributed by atoms with E-state index in [9.17, 15) is 8.42 Å². The Kier molecular flexibility index (Phi) is 4.08. The Morgan fingerprint density at radius 2 is 2.06 bits per heavy atom. The number of anilines is 1. The summed E-state index contributed by atoms with van der Waals surface area (Å²) < 4.78 is 31.1. The van der Waals surface area contributed by atoms with Crippen LogP contribution in [0.3, 0.4) is 0 Å². The topological polar surface area (TPSA) is 72.6 Å². The fraction of sp³-hybridized carbons (Fsp3) is 0.500. The summed E-state index contributed by atoms with van der Waals surface area (Å²) in [6.45, 7) is 1.30. The van der Waals surface area contributed by atoms with E-state index in [1.165, 1.54) is 4.31 Å². The molecule has 100 valence electrons. The molecule has 0 bridgehead atoms. The SMILES string of the molecule is NCCOc1ccccc1N1CCCCS1(=O)=O. The molecular formula is C12H18N2O3S. The molecule has 1 heterocycles. The third-order valence-corrected chi connectivity index (χ3v) is 4.71. The summed E-state index contributed by atoms with van der Waals surface area (Å²) >= 11 is 0. The van der Waals surface area contributed by atoms with Gasteiger partial charge in [-0.2, -0.15) is 0 Å². The second kappa shape index (κ2) is 5.58.